The Morgan fingerprint density at radius 3 is 1.93 bits per heavy atom. The fraction of sp³-hybridized carbons (Fsp3) is 0. The lowest BCUT2D eigenvalue weighted by Gasteiger charge is -2.13. The third-order valence-electron chi connectivity index (χ3n) is 8.54. The summed E-state index contributed by atoms with van der Waals surface area (Å²) < 4.78 is 2.36. The van der Waals surface area contributed by atoms with Gasteiger partial charge >= 0.3 is 0 Å². The number of benzene rings is 6. The van der Waals surface area contributed by atoms with Gasteiger partial charge in [0.1, 0.15) is 0 Å². The molecule has 0 unspecified atom stereocenters. The molecule has 0 N–H and O–H groups in total. The standard InChI is InChI=1S/C39H24N2/c1-2-11-26(12-3-1)41-37-20-9-8-17-31(37)33-23-25(21-22-38(33)41)27-13-4-7-16-30(27)36-24-34-29-15-6-5-14-28(29)32-18-10-19-35(40-36)39(32)34/h1-24H. The molecule has 6 aromatic carbocycles. The lowest BCUT2D eigenvalue weighted by molar-refractivity contribution is 1.18. The molecule has 0 spiro atoms. The Balaban J connectivity index is 1.27. The molecular weight excluding hydrogens is 496 g/mol. The van der Waals surface area contributed by atoms with Crippen LogP contribution in [0.3, 0.4) is 0 Å². The minimum Gasteiger partial charge on any atom is -0.309 e. The number of pyridine rings is 1. The molecule has 2 heterocycles. The summed E-state index contributed by atoms with van der Waals surface area (Å²) in [5.74, 6) is 0. The zero-order valence-electron chi connectivity index (χ0n) is 22.3. The molecule has 2 heteroatoms. The molecule has 0 bridgehead atoms. The normalized spacial score (nSPS) is 11.9. The average Bonchev–Trinajstić information content (AvgIpc) is 3.55. The van der Waals surface area contributed by atoms with Crippen molar-refractivity contribution in [2.45, 2.75) is 0 Å². The third kappa shape index (κ3) is 3.22. The molecule has 41 heavy (non-hydrogen) atoms. The van der Waals surface area contributed by atoms with Crippen LogP contribution in [0.1, 0.15) is 0 Å². The van der Waals surface area contributed by atoms with Gasteiger partial charge in [0.2, 0.25) is 0 Å². The summed E-state index contributed by atoms with van der Waals surface area (Å²) in [7, 11) is 0. The fourth-order valence-corrected chi connectivity index (χ4v) is 6.77. The molecule has 0 amide bonds. The Bertz CT molecular complexity index is 2310. The molecule has 1 aliphatic rings. The molecule has 0 radical (unpaired) electrons. The second-order valence-corrected chi connectivity index (χ2v) is 10.8. The van der Waals surface area contributed by atoms with Crippen LogP contribution in [0.25, 0.3) is 83.0 Å². The van der Waals surface area contributed by atoms with Crippen LogP contribution in [0.2, 0.25) is 0 Å². The topological polar surface area (TPSA) is 17.8 Å². The second kappa shape index (κ2) is 8.51. The molecule has 0 saturated heterocycles. The summed E-state index contributed by atoms with van der Waals surface area (Å²) in [4.78, 5) is 5.23. The lowest BCUT2D eigenvalue weighted by atomic mass is 9.94. The highest BCUT2D eigenvalue weighted by molar-refractivity contribution is 6.15. The zero-order valence-corrected chi connectivity index (χ0v) is 22.3. The van der Waals surface area contributed by atoms with Crippen molar-refractivity contribution in [3.8, 4) is 50.3 Å². The molecular formula is C39H24N2. The van der Waals surface area contributed by atoms with E-state index in [4.69, 9.17) is 4.98 Å². The average molecular weight is 521 g/mol. The molecule has 190 valence electrons. The van der Waals surface area contributed by atoms with Gasteiger partial charge in [0.05, 0.1) is 22.2 Å². The molecule has 1 aliphatic carbocycles. The van der Waals surface area contributed by atoms with Gasteiger partial charge in [-0.25, -0.2) is 4.98 Å². The van der Waals surface area contributed by atoms with E-state index in [1.165, 1.54) is 66.3 Å². The zero-order chi connectivity index (χ0) is 26.9. The minimum atomic E-state index is 1.00. The Hall–Kier alpha value is -5.47. The first kappa shape index (κ1) is 22.4. The van der Waals surface area contributed by atoms with Crippen molar-refractivity contribution < 1.29 is 0 Å². The first-order valence-electron chi connectivity index (χ1n) is 14.1. The van der Waals surface area contributed by atoms with E-state index in [1.54, 1.807) is 0 Å². The Morgan fingerprint density at radius 2 is 1.07 bits per heavy atom. The van der Waals surface area contributed by atoms with E-state index in [0.717, 1.165) is 16.8 Å². The van der Waals surface area contributed by atoms with Crippen molar-refractivity contribution >= 4 is 32.7 Å². The molecule has 2 aromatic heterocycles. The summed E-state index contributed by atoms with van der Waals surface area (Å²) in [5, 5.41) is 3.76. The van der Waals surface area contributed by atoms with Gasteiger partial charge in [-0.1, -0.05) is 103 Å². The van der Waals surface area contributed by atoms with Gasteiger partial charge in [-0.2, -0.15) is 0 Å². The molecule has 0 fully saturated rings. The van der Waals surface area contributed by atoms with Gasteiger partial charge in [-0.15, -0.1) is 0 Å². The van der Waals surface area contributed by atoms with Crippen LogP contribution in [0.5, 0.6) is 0 Å². The maximum Gasteiger partial charge on any atom is 0.0722 e. The van der Waals surface area contributed by atoms with E-state index < -0.39 is 0 Å². The number of hydrogen-bond acceptors (Lipinski definition) is 1. The van der Waals surface area contributed by atoms with Crippen LogP contribution >= 0.6 is 0 Å². The van der Waals surface area contributed by atoms with E-state index in [9.17, 15) is 0 Å². The van der Waals surface area contributed by atoms with E-state index >= 15 is 0 Å². The Kier molecular flexibility index (Phi) is 4.64. The minimum absolute atomic E-state index is 1.00. The highest BCUT2D eigenvalue weighted by Crippen LogP contribution is 2.48. The highest BCUT2D eigenvalue weighted by atomic mass is 15.0. The first-order chi connectivity index (χ1) is 20.3. The SMILES string of the molecule is c1ccc(-n2c3ccccc3c3cc(-c4ccccc4-c4cc5c6c(cccc6n4)-c4ccccc4-5)ccc32)cc1. The monoisotopic (exact) mass is 520 g/mol. The molecule has 0 atom stereocenters. The largest absolute Gasteiger partial charge is 0.309 e. The maximum atomic E-state index is 5.23. The summed E-state index contributed by atoms with van der Waals surface area (Å²) in [6, 6.07) is 52.4. The summed E-state index contributed by atoms with van der Waals surface area (Å²) in [5.41, 5.74) is 14.3. The van der Waals surface area contributed by atoms with Crippen molar-refractivity contribution in [1.29, 1.82) is 0 Å². The van der Waals surface area contributed by atoms with Crippen molar-refractivity contribution in [2.24, 2.45) is 0 Å². The van der Waals surface area contributed by atoms with Crippen molar-refractivity contribution in [2.75, 3.05) is 0 Å². The van der Waals surface area contributed by atoms with Crippen molar-refractivity contribution in [1.82, 2.24) is 9.55 Å². The van der Waals surface area contributed by atoms with Gasteiger partial charge in [0, 0.05) is 27.4 Å². The van der Waals surface area contributed by atoms with Crippen LogP contribution in [-0.2, 0) is 0 Å². The first-order valence-corrected chi connectivity index (χ1v) is 14.1. The number of rotatable bonds is 3. The van der Waals surface area contributed by atoms with E-state index in [2.05, 4.69) is 150 Å². The van der Waals surface area contributed by atoms with Crippen LogP contribution in [0, 0.1) is 0 Å². The van der Waals surface area contributed by atoms with E-state index in [1.807, 2.05) is 0 Å². The lowest BCUT2D eigenvalue weighted by Crippen LogP contribution is -1.93. The van der Waals surface area contributed by atoms with E-state index in [-0.39, 0.29) is 0 Å². The van der Waals surface area contributed by atoms with Gasteiger partial charge in [0.15, 0.2) is 0 Å². The van der Waals surface area contributed by atoms with Crippen molar-refractivity contribution in [3.63, 3.8) is 0 Å². The molecule has 9 rings (SSSR count). The molecule has 0 saturated carbocycles. The Morgan fingerprint density at radius 1 is 0.415 bits per heavy atom. The highest BCUT2D eigenvalue weighted by Gasteiger charge is 2.23. The smallest absolute Gasteiger partial charge is 0.0722 e. The van der Waals surface area contributed by atoms with Gasteiger partial charge in [-0.3, -0.25) is 0 Å². The second-order valence-electron chi connectivity index (χ2n) is 10.8. The number of aromatic nitrogens is 2. The predicted octanol–water partition coefficient (Wildman–Crippen LogP) is 10.3. The van der Waals surface area contributed by atoms with Gasteiger partial charge in [0.25, 0.3) is 0 Å². The quantitative estimate of drug-likeness (QED) is 0.227. The number of nitrogens with zero attached hydrogens (tertiary/aromatic N) is 2. The van der Waals surface area contributed by atoms with Gasteiger partial charge in [-0.05, 0) is 75.8 Å². The molecule has 8 aromatic rings. The summed E-state index contributed by atoms with van der Waals surface area (Å²) >= 11 is 0. The van der Waals surface area contributed by atoms with Crippen LogP contribution < -0.4 is 0 Å². The van der Waals surface area contributed by atoms with E-state index in [0.29, 0.717) is 0 Å². The summed E-state index contributed by atoms with van der Waals surface area (Å²) in [6.45, 7) is 0. The molecule has 0 aliphatic heterocycles. The number of hydrogen-bond donors (Lipinski definition) is 0. The Labute approximate surface area is 237 Å². The van der Waals surface area contributed by atoms with Crippen molar-refractivity contribution in [3.05, 3.63) is 146 Å². The predicted molar refractivity (Wildman–Crippen MR) is 171 cm³/mol. The molecule has 2 nitrogen and oxygen atoms in total. The van der Waals surface area contributed by atoms with Gasteiger partial charge < -0.3 is 4.57 Å². The maximum absolute atomic E-state index is 5.23. The van der Waals surface area contributed by atoms with Crippen LogP contribution in [-0.4, -0.2) is 9.55 Å². The van der Waals surface area contributed by atoms with Crippen LogP contribution in [0.4, 0.5) is 0 Å². The fourth-order valence-electron chi connectivity index (χ4n) is 6.77. The summed E-state index contributed by atoms with van der Waals surface area (Å²) in [6.07, 6.45) is 0. The van der Waals surface area contributed by atoms with Crippen LogP contribution in [0.15, 0.2) is 146 Å². The number of para-hydroxylation sites is 2. The number of fused-ring (bicyclic) bond motifs is 6. The third-order valence-corrected chi connectivity index (χ3v) is 8.54.